The molecular weight excluding hydrogens is 480 g/mol. The summed E-state index contributed by atoms with van der Waals surface area (Å²) in [7, 11) is 0. The number of hydrogen-bond donors (Lipinski definition) is 1. The molecule has 1 amide bonds. The Morgan fingerprint density at radius 3 is 2.58 bits per heavy atom. The lowest BCUT2D eigenvalue weighted by molar-refractivity contribution is -0.123. The predicted molar refractivity (Wildman–Crippen MR) is 140 cm³/mol. The third-order valence-corrected chi connectivity index (χ3v) is 8.53. The van der Waals surface area contributed by atoms with Crippen molar-refractivity contribution in [1.29, 1.82) is 0 Å². The van der Waals surface area contributed by atoms with Gasteiger partial charge < -0.3 is 10.1 Å². The lowest BCUT2D eigenvalue weighted by Gasteiger charge is -2.32. The normalized spacial score (nSPS) is 21.1. The van der Waals surface area contributed by atoms with Crippen LogP contribution in [-0.2, 0) is 23.2 Å². The molecule has 2 aliphatic rings. The number of amides is 1. The molecule has 5 nitrogen and oxygen atoms in total. The zero-order chi connectivity index (χ0) is 25.8. The summed E-state index contributed by atoms with van der Waals surface area (Å²) < 4.78 is 31.3. The topological polar surface area (TPSA) is 54.5 Å². The van der Waals surface area contributed by atoms with Gasteiger partial charge in [-0.2, -0.15) is 0 Å². The van der Waals surface area contributed by atoms with Crippen LogP contribution < -0.4 is 10.1 Å². The van der Waals surface area contributed by atoms with E-state index in [1.165, 1.54) is 16.9 Å². The first-order chi connectivity index (χ1) is 17.1. The van der Waals surface area contributed by atoms with Crippen LogP contribution in [0.4, 0.5) is 8.78 Å². The summed E-state index contributed by atoms with van der Waals surface area (Å²) in [6.07, 6.45) is 6.92. The highest BCUT2D eigenvalue weighted by atomic mass is 32.1. The largest absolute Gasteiger partial charge is 0.464 e. The molecule has 0 unspecified atom stereocenters. The Morgan fingerprint density at radius 2 is 1.89 bits per heavy atom. The van der Waals surface area contributed by atoms with Gasteiger partial charge in [0.05, 0.1) is 5.69 Å². The second kappa shape index (κ2) is 11.5. The van der Waals surface area contributed by atoms with Crippen LogP contribution >= 0.6 is 11.3 Å². The number of nitrogens with zero attached hydrogens (tertiary/aromatic N) is 2. The maximum absolute atomic E-state index is 13.1. The maximum atomic E-state index is 13.1. The van der Waals surface area contributed by atoms with Gasteiger partial charge in [-0.3, -0.25) is 9.69 Å². The van der Waals surface area contributed by atoms with Crippen molar-refractivity contribution in [3.63, 3.8) is 0 Å². The minimum absolute atomic E-state index is 0.144. The molecule has 0 atom stereocenters. The molecule has 1 saturated carbocycles. The number of hydrogen-bond acceptors (Lipinski definition) is 5. The Hall–Kier alpha value is -2.06. The molecule has 8 heteroatoms. The fourth-order valence-electron chi connectivity index (χ4n) is 5.30. The van der Waals surface area contributed by atoms with Crippen molar-refractivity contribution in [3.8, 4) is 5.19 Å². The van der Waals surface area contributed by atoms with E-state index in [9.17, 15) is 13.6 Å². The van der Waals surface area contributed by atoms with Crippen LogP contribution in [-0.4, -0.2) is 47.5 Å². The molecule has 1 aromatic carbocycles. The second-order valence-electron chi connectivity index (χ2n) is 11.2. The Balaban J connectivity index is 1.16. The van der Waals surface area contributed by atoms with Crippen LogP contribution in [0.1, 0.15) is 75.4 Å². The van der Waals surface area contributed by atoms with E-state index in [4.69, 9.17) is 4.74 Å². The van der Waals surface area contributed by atoms with E-state index < -0.39 is 12.5 Å². The van der Waals surface area contributed by atoms with E-state index in [0.717, 1.165) is 75.7 Å². The van der Waals surface area contributed by atoms with E-state index in [1.54, 1.807) is 0 Å². The number of aromatic nitrogens is 1. The molecule has 0 saturated heterocycles. The summed E-state index contributed by atoms with van der Waals surface area (Å²) in [5.74, 6) is -2.02. The number of nitrogens with one attached hydrogen (secondary N) is 1. The minimum Gasteiger partial charge on any atom is -0.464 e. The lowest BCUT2D eigenvalue weighted by Crippen LogP contribution is -2.40. The number of benzene rings is 1. The molecule has 0 bridgehead atoms. The lowest BCUT2D eigenvalue weighted by atomic mass is 9.80. The molecule has 2 heterocycles. The average molecular weight is 520 g/mol. The van der Waals surface area contributed by atoms with Gasteiger partial charge in [-0.15, -0.1) is 0 Å². The van der Waals surface area contributed by atoms with Crippen molar-refractivity contribution >= 4 is 17.2 Å². The van der Waals surface area contributed by atoms with Crippen molar-refractivity contribution in [3.05, 3.63) is 46.5 Å². The predicted octanol–water partition coefficient (Wildman–Crippen LogP) is 5.97. The van der Waals surface area contributed by atoms with E-state index in [1.807, 2.05) is 18.2 Å². The highest BCUT2D eigenvalue weighted by Gasteiger charge is 2.29. The number of halogens is 2. The van der Waals surface area contributed by atoms with E-state index in [0.29, 0.717) is 17.5 Å². The Kier molecular flexibility index (Phi) is 8.66. The van der Waals surface area contributed by atoms with Crippen LogP contribution in [0, 0.1) is 5.92 Å². The number of thiazole rings is 1. The van der Waals surface area contributed by atoms with Gasteiger partial charge in [0, 0.05) is 37.4 Å². The Bertz CT molecular complexity index is 998. The number of rotatable bonds is 10. The van der Waals surface area contributed by atoms with Gasteiger partial charge in [0.1, 0.15) is 0 Å². The average Bonchev–Trinajstić information content (AvgIpc) is 3.24. The molecule has 1 N–H and O–H groups in total. The monoisotopic (exact) mass is 519 g/mol. The van der Waals surface area contributed by atoms with E-state index in [2.05, 4.69) is 41.2 Å². The zero-order valence-corrected chi connectivity index (χ0v) is 22.5. The zero-order valence-electron chi connectivity index (χ0n) is 21.7. The van der Waals surface area contributed by atoms with Crippen LogP contribution in [0.2, 0.25) is 0 Å². The molecular formula is C28H39F2N3O2S. The first-order valence-electron chi connectivity index (χ1n) is 13.1. The molecule has 4 rings (SSSR count). The fourth-order valence-corrected chi connectivity index (χ4v) is 6.21. The van der Waals surface area contributed by atoms with Gasteiger partial charge in [-0.05, 0) is 62.0 Å². The quantitative estimate of drug-likeness (QED) is 0.420. The van der Waals surface area contributed by atoms with Gasteiger partial charge in [0.2, 0.25) is 5.91 Å². The van der Waals surface area contributed by atoms with E-state index >= 15 is 0 Å². The standard InChI is InChI=1S/C28H39F2N3O2S/c1-27(2,21-7-5-4-6-8-21)17-25(34)31-22-11-9-20(10-12-22)13-15-33-16-14-24-23(18-33)32-26(36-24)35-19-28(3,29)30/h4-8,20,22H,9-19H2,1-3H3,(H,31,34). The van der Waals surface area contributed by atoms with Gasteiger partial charge in [-0.25, -0.2) is 13.8 Å². The number of fused-ring (bicyclic) bond motifs is 1. The van der Waals surface area contributed by atoms with Crippen LogP contribution in [0.15, 0.2) is 30.3 Å². The molecule has 36 heavy (non-hydrogen) atoms. The molecule has 1 fully saturated rings. The second-order valence-corrected chi connectivity index (χ2v) is 12.3. The van der Waals surface area contributed by atoms with Crippen molar-refractivity contribution in [2.45, 2.75) is 89.6 Å². The highest BCUT2D eigenvalue weighted by Crippen LogP contribution is 2.32. The third kappa shape index (κ3) is 7.72. The summed E-state index contributed by atoms with van der Waals surface area (Å²) in [5.41, 5.74) is 1.99. The molecule has 1 aliphatic carbocycles. The smallest absolute Gasteiger partial charge is 0.278 e. The van der Waals surface area contributed by atoms with E-state index in [-0.39, 0.29) is 17.4 Å². The van der Waals surface area contributed by atoms with Crippen molar-refractivity contribution in [2.24, 2.45) is 5.92 Å². The number of alkyl halides is 2. The molecule has 2 aromatic rings. The molecule has 0 radical (unpaired) electrons. The van der Waals surface area contributed by atoms with Gasteiger partial charge in [0.15, 0.2) is 6.61 Å². The first-order valence-corrected chi connectivity index (χ1v) is 14.0. The summed E-state index contributed by atoms with van der Waals surface area (Å²) in [6.45, 7) is 7.25. The van der Waals surface area contributed by atoms with Crippen molar-refractivity contribution in [2.75, 3.05) is 19.7 Å². The number of ether oxygens (including phenoxy) is 1. The number of carbonyl (C=O) groups is 1. The van der Waals surface area contributed by atoms with Crippen molar-refractivity contribution in [1.82, 2.24) is 15.2 Å². The van der Waals surface area contributed by atoms with Gasteiger partial charge in [0.25, 0.3) is 11.1 Å². The molecule has 1 aliphatic heterocycles. The van der Waals surface area contributed by atoms with Crippen LogP contribution in [0.5, 0.6) is 5.19 Å². The van der Waals surface area contributed by atoms with Crippen LogP contribution in [0.25, 0.3) is 0 Å². The number of carbonyl (C=O) groups excluding carboxylic acids is 1. The maximum Gasteiger partial charge on any atom is 0.278 e. The Morgan fingerprint density at radius 1 is 1.17 bits per heavy atom. The first kappa shape index (κ1) is 27.0. The van der Waals surface area contributed by atoms with Crippen molar-refractivity contribution < 1.29 is 18.3 Å². The third-order valence-electron chi connectivity index (χ3n) is 7.46. The minimum atomic E-state index is -2.85. The Labute approximate surface area is 217 Å². The fraction of sp³-hybridized carbons (Fsp3) is 0.643. The molecule has 198 valence electrons. The SMILES string of the molecule is CC(F)(F)COc1nc2c(s1)CCN(CCC1CCC(NC(=O)CC(C)(C)c3ccccc3)CC1)C2. The molecule has 0 spiro atoms. The summed E-state index contributed by atoms with van der Waals surface area (Å²) in [6, 6.07) is 10.5. The summed E-state index contributed by atoms with van der Waals surface area (Å²) in [4.78, 5) is 20.8. The highest BCUT2D eigenvalue weighted by molar-refractivity contribution is 7.13. The van der Waals surface area contributed by atoms with Gasteiger partial charge >= 0.3 is 0 Å². The van der Waals surface area contributed by atoms with Gasteiger partial charge in [-0.1, -0.05) is 55.5 Å². The van der Waals surface area contributed by atoms with Crippen LogP contribution in [0.3, 0.4) is 0 Å². The molecule has 1 aromatic heterocycles. The summed E-state index contributed by atoms with van der Waals surface area (Å²) in [5, 5.41) is 3.65. The summed E-state index contributed by atoms with van der Waals surface area (Å²) >= 11 is 1.40.